The van der Waals surface area contributed by atoms with Crippen LogP contribution in [0.1, 0.15) is 11.6 Å². The Kier molecular flexibility index (Phi) is 6.51. The number of benzene rings is 1. The summed E-state index contributed by atoms with van der Waals surface area (Å²) in [5.41, 5.74) is 0.488. The van der Waals surface area contributed by atoms with Gasteiger partial charge in [0.05, 0.1) is 6.04 Å². The molecule has 0 radical (unpaired) electrons. The summed E-state index contributed by atoms with van der Waals surface area (Å²) in [6.45, 7) is 6.90. The Balaban J connectivity index is 0.00000220. The molecule has 3 nitrogen and oxygen atoms in total. The van der Waals surface area contributed by atoms with Gasteiger partial charge in [-0.15, -0.1) is 32.2 Å². The summed E-state index contributed by atoms with van der Waals surface area (Å²) in [7, 11) is 0. The molecule has 0 amide bonds. The van der Waals surface area contributed by atoms with Gasteiger partial charge in [0.2, 0.25) is 0 Å². The molecule has 1 aliphatic rings. The Morgan fingerprint density at radius 3 is 2.43 bits per heavy atom. The second kappa shape index (κ2) is 7.68. The lowest BCUT2D eigenvalue weighted by molar-refractivity contribution is -0.275. The Labute approximate surface area is 128 Å². The molecule has 0 aromatic heterocycles. The van der Waals surface area contributed by atoms with Crippen molar-refractivity contribution < 1.29 is 17.9 Å². The van der Waals surface area contributed by atoms with E-state index in [1.165, 1.54) is 12.1 Å². The van der Waals surface area contributed by atoms with Crippen LogP contribution in [-0.2, 0) is 0 Å². The van der Waals surface area contributed by atoms with Crippen molar-refractivity contribution >= 4 is 12.4 Å². The molecule has 1 aliphatic heterocycles. The van der Waals surface area contributed by atoms with Crippen molar-refractivity contribution in [2.24, 2.45) is 0 Å². The predicted octanol–water partition coefficient (Wildman–Crippen LogP) is 3.14. The molecule has 21 heavy (non-hydrogen) atoms. The molecule has 7 heteroatoms. The fourth-order valence-corrected chi connectivity index (χ4v) is 2.38. The summed E-state index contributed by atoms with van der Waals surface area (Å²) in [5.74, 6) is -0.163. The lowest BCUT2D eigenvalue weighted by Gasteiger charge is -2.34. The van der Waals surface area contributed by atoms with Crippen molar-refractivity contribution in [1.82, 2.24) is 10.2 Å². The topological polar surface area (TPSA) is 24.5 Å². The summed E-state index contributed by atoms with van der Waals surface area (Å²) in [4.78, 5) is 2.09. The van der Waals surface area contributed by atoms with E-state index >= 15 is 0 Å². The van der Waals surface area contributed by atoms with Crippen molar-refractivity contribution in [2.75, 3.05) is 26.2 Å². The fraction of sp³-hybridized carbons (Fsp3) is 0.429. The third kappa shape index (κ3) is 4.91. The molecule has 2 rings (SSSR count). The lowest BCUT2D eigenvalue weighted by Crippen LogP contribution is -2.44. The standard InChI is InChI=1S/C14H17F3N2O.ClH/c1-2-12(19-9-7-18-8-10-19)11-5-3-4-6-13(11)20-14(15,16)17;/h2-6,12,18H,1,7-10H2;1H/t12-;/m1./s1. The molecule has 1 aromatic rings. The van der Waals surface area contributed by atoms with E-state index in [1.54, 1.807) is 18.2 Å². The second-order valence-corrected chi connectivity index (χ2v) is 4.55. The van der Waals surface area contributed by atoms with Crippen LogP contribution in [0.2, 0.25) is 0 Å². The van der Waals surface area contributed by atoms with Gasteiger partial charge in [0.25, 0.3) is 0 Å². The Morgan fingerprint density at radius 2 is 1.86 bits per heavy atom. The SMILES string of the molecule is C=C[C@H](c1ccccc1OC(F)(F)F)N1CCNCC1.Cl. The van der Waals surface area contributed by atoms with Crippen molar-refractivity contribution in [1.29, 1.82) is 0 Å². The highest BCUT2D eigenvalue weighted by Gasteiger charge is 2.33. The molecule has 1 atom stereocenters. The number of nitrogens with one attached hydrogen (secondary N) is 1. The lowest BCUT2D eigenvalue weighted by atomic mass is 10.0. The molecule has 0 unspecified atom stereocenters. The zero-order chi connectivity index (χ0) is 14.6. The minimum atomic E-state index is -4.69. The van der Waals surface area contributed by atoms with Crippen molar-refractivity contribution in [2.45, 2.75) is 12.4 Å². The minimum Gasteiger partial charge on any atom is -0.405 e. The molecule has 1 fully saturated rings. The number of ether oxygens (including phenoxy) is 1. The maximum Gasteiger partial charge on any atom is 0.573 e. The zero-order valence-electron chi connectivity index (χ0n) is 11.4. The number of hydrogen-bond acceptors (Lipinski definition) is 3. The van der Waals surface area contributed by atoms with Gasteiger partial charge >= 0.3 is 6.36 Å². The summed E-state index contributed by atoms with van der Waals surface area (Å²) >= 11 is 0. The highest BCUT2D eigenvalue weighted by atomic mass is 35.5. The molecular weight excluding hydrogens is 305 g/mol. The molecule has 0 aliphatic carbocycles. The van der Waals surface area contributed by atoms with Crippen LogP contribution in [0.15, 0.2) is 36.9 Å². The van der Waals surface area contributed by atoms with E-state index in [9.17, 15) is 13.2 Å². The van der Waals surface area contributed by atoms with Gasteiger partial charge in [-0.2, -0.15) is 0 Å². The molecule has 0 bridgehead atoms. The van der Waals surface area contributed by atoms with Gasteiger partial charge in [-0.3, -0.25) is 4.90 Å². The van der Waals surface area contributed by atoms with Crippen LogP contribution in [0, 0.1) is 0 Å². The monoisotopic (exact) mass is 322 g/mol. The van der Waals surface area contributed by atoms with E-state index in [2.05, 4.69) is 21.5 Å². The van der Waals surface area contributed by atoms with Crippen LogP contribution in [-0.4, -0.2) is 37.4 Å². The van der Waals surface area contributed by atoms with E-state index in [4.69, 9.17) is 0 Å². The highest BCUT2D eigenvalue weighted by molar-refractivity contribution is 5.85. The number of nitrogens with zero attached hydrogens (tertiary/aromatic N) is 1. The first-order chi connectivity index (χ1) is 9.51. The second-order valence-electron chi connectivity index (χ2n) is 4.55. The van der Waals surface area contributed by atoms with Crippen LogP contribution in [0.25, 0.3) is 0 Å². The first kappa shape index (κ1) is 17.8. The number of piperazine rings is 1. The van der Waals surface area contributed by atoms with Gasteiger partial charge < -0.3 is 10.1 Å². The maximum absolute atomic E-state index is 12.5. The maximum atomic E-state index is 12.5. The van der Waals surface area contributed by atoms with Crippen LogP contribution < -0.4 is 10.1 Å². The van der Waals surface area contributed by atoms with Gasteiger partial charge in [-0.1, -0.05) is 24.3 Å². The zero-order valence-corrected chi connectivity index (χ0v) is 12.2. The van der Waals surface area contributed by atoms with Gasteiger partial charge in [-0.25, -0.2) is 0 Å². The molecule has 1 aromatic carbocycles. The van der Waals surface area contributed by atoms with Crippen LogP contribution in [0.3, 0.4) is 0 Å². The average molecular weight is 323 g/mol. The van der Waals surface area contributed by atoms with E-state index in [0.717, 1.165) is 26.2 Å². The normalized spacial score (nSPS) is 17.7. The third-order valence-corrected chi connectivity index (χ3v) is 3.23. The number of halogens is 4. The minimum absolute atomic E-state index is 0. The molecule has 0 spiro atoms. The van der Waals surface area contributed by atoms with Crippen molar-refractivity contribution in [3.63, 3.8) is 0 Å². The molecule has 118 valence electrons. The van der Waals surface area contributed by atoms with E-state index in [-0.39, 0.29) is 24.2 Å². The molecule has 1 saturated heterocycles. The summed E-state index contributed by atoms with van der Waals surface area (Å²) < 4.78 is 41.5. The number of para-hydroxylation sites is 1. The fourth-order valence-electron chi connectivity index (χ4n) is 2.38. The van der Waals surface area contributed by atoms with Crippen LogP contribution in [0.5, 0.6) is 5.75 Å². The first-order valence-corrected chi connectivity index (χ1v) is 6.43. The van der Waals surface area contributed by atoms with Crippen molar-refractivity contribution in [3.05, 3.63) is 42.5 Å². The van der Waals surface area contributed by atoms with Gasteiger partial charge in [0, 0.05) is 31.7 Å². The van der Waals surface area contributed by atoms with Crippen molar-refractivity contribution in [3.8, 4) is 5.75 Å². The molecule has 1 heterocycles. The van der Waals surface area contributed by atoms with Gasteiger partial charge in [0.1, 0.15) is 5.75 Å². The summed E-state index contributed by atoms with van der Waals surface area (Å²) in [6, 6.07) is 5.94. The Morgan fingerprint density at radius 1 is 1.24 bits per heavy atom. The third-order valence-electron chi connectivity index (χ3n) is 3.23. The number of hydrogen-bond donors (Lipinski definition) is 1. The smallest absolute Gasteiger partial charge is 0.405 e. The van der Waals surface area contributed by atoms with E-state index in [0.29, 0.717) is 5.56 Å². The van der Waals surface area contributed by atoms with Crippen LogP contribution >= 0.6 is 12.4 Å². The molecule has 1 N–H and O–H groups in total. The van der Waals surface area contributed by atoms with Gasteiger partial charge in [-0.05, 0) is 6.07 Å². The quantitative estimate of drug-likeness (QED) is 0.862. The molecular formula is C14H18ClF3N2O. The predicted molar refractivity (Wildman–Crippen MR) is 77.8 cm³/mol. The average Bonchev–Trinajstić information content (AvgIpc) is 2.41. The Bertz CT molecular complexity index is 462. The number of alkyl halides is 3. The van der Waals surface area contributed by atoms with E-state index < -0.39 is 6.36 Å². The van der Waals surface area contributed by atoms with E-state index in [1.807, 2.05) is 0 Å². The summed E-state index contributed by atoms with van der Waals surface area (Å²) in [6.07, 6.45) is -3.03. The number of rotatable bonds is 4. The van der Waals surface area contributed by atoms with Crippen LogP contribution in [0.4, 0.5) is 13.2 Å². The summed E-state index contributed by atoms with van der Waals surface area (Å²) in [5, 5.41) is 3.21. The Hall–Kier alpha value is -1.24. The first-order valence-electron chi connectivity index (χ1n) is 6.43. The van der Waals surface area contributed by atoms with Gasteiger partial charge in [0.15, 0.2) is 0 Å². The largest absolute Gasteiger partial charge is 0.573 e. The highest BCUT2D eigenvalue weighted by Crippen LogP contribution is 2.33. The molecule has 0 saturated carbocycles.